The van der Waals surface area contributed by atoms with E-state index in [-0.39, 0.29) is 30.4 Å². The molecule has 0 aliphatic heterocycles. The van der Waals surface area contributed by atoms with E-state index < -0.39 is 23.5 Å². The number of carbonyl (C=O) groups is 3. The molecule has 7 heteroatoms. The van der Waals surface area contributed by atoms with Crippen LogP contribution in [0, 0.1) is 11.3 Å². The number of carboxylic acid groups (broad SMARTS) is 1. The second kappa shape index (κ2) is 9.49. The Balaban J connectivity index is 1.30. The van der Waals surface area contributed by atoms with Gasteiger partial charge in [-0.15, -0.1) is 0 Å². The molecule has 2 aromatic rings. The van der Waals surface area contributed by atoms with Crippen LogP contribution in [0.1, 0.15) is 57.1 Å². The minimum atomic E-state index is -1.05. The van der Waals surface area contributed by atoms with Crippen molar-refractivity contribution in [3.05, 3.63) is 59.7 Å². The Bertz CT molecular complexity index is 1040. The number of carbonyl (C=O) groups excluding carboxylic acids is 2. The van der Waals surface area contributed by atoms with Crippen LogP contribution in [-0.4, -0.2) is 41.8 Å². The summed E-state index contributed by atoms with van der Waals surface area (Å²) in [5.74, 6) is -1.67. The summed E-state index contributed by atoms with van der Waals surface area (Å²) in [6.45, 7) is 5.58. The Labute approximate surface area is 199 Å². The normalized spacial score (nSPS) is 20.2. The zero-order chi connectivity index (χ0) is 24.5. The molecule has 3 atom stereocenters. The maximum absolute atomic E-state index is 12.7. The van der Waals surface area contributed by atoms with Crippen LogP contribution in [0.25, 0.3) is 11.1 Å². The molecule has 3 N–H and O–H groups in total. The number of carboxylic acids is 1. The molecule has 1 fully saturated rings. The predicted octanol–water partition coefficient (Wildman–Crippen LogP) is 4.31. The van der Waals surface area contributed by atoms with E-state index in [2.05, 4.69) is 34.9 Å². The van der Waals surface area contributed by atoms with Crippen LogP contribution >= 0.6 is 0 Å². The van der Waals surface area contributed by atoms with Crippen LogP contribution in [0.3, 0.4) is 0 Å². The standard InChI is InChI=1S/C27H32N2O5/c1-27(2,3)23(25(31)32)29-24(30)16-12-13-17(14-16)28-26(33)34-15-22-20-10-6-4-8-18(20)19-9-5-7-11-21(19)22/h4-11,16-17,22-23H,12-15H2,1-3H3,(H,28,33)(H,29,30)(H,31,32)/t16-,17+,23?/m0/s1. The molecule has 2 aromatic carbocycles. The molecule has 0 radical (unpaired) electrons. The number of fused-ring (bicyclic) bond motifs is 3. The van der Waals surface area contributed by atoms with Crippen molar-refractivity contribution in [2.24, 2.45) is 11.3 Å². The lowest BCUT2D eigenvalue weighted by Crippen LogP contribution is -2.50. The quantitative estimate of drug-likeness (QED) is 0.591. The fourth-order valence-corrected chi connectivity index (χ4v) is 5.07. The van der Waals surface area contributed by atoms with E-state index in [9.17, 15) is 19.5 Å². The highest BCUT2D eigenvalue weighted by Gasteiger charge is 2.37. The number of benzene rings is 2. The number of hydrogen-bond donors (Lipinski definition) is 3. The predicted molar refractivity (Wildman–Crippen MR) is 128 cm³/mol. The summed E-state index contributed by atoms with van der Waals surface area (Å²) in [5.41, 5.74) is 4.05. The minimum Gasteiger partial charge on any atom is -0.480 e. The van der Waals surface area contributed by atoms with E-state index in [4.69, 9.17) is 4.74 Å². The molecule has 2 aliphatic carbocycles. The molecule has 2 aliphatic rings. The van der Waals surface area contributed by atoms with Gasteiger partial charge in [-0.2, -0.15) is 0 Å². The zero-order valence-electron chi connectivity index (χ0n) is 19.8. The van der Waals surface area contributed by atoms with E-state index in [0.717, 1.165) is 11.1 Å². The largest absolute Gasteiger partial charge is 0.480 e. The summed E-state index contributed by atoms with van der Waals surface area (Å²) in [6, 6.07) is 15.2. The summed E-state index contributed by atoms with van der Waals surface area (Å²) in [7, 11) is 0. The third kappa shape index (κ3) is 4.93. The second-order valence-electron chi connectivity index (χ2n) is 10.3. The molecule has 2 amide bonds. The van der Waals surface area contributed by atoms with Crippen molar-refractivity contribution in [3.63, 3.8) is 0 Å². The van der Waals surface area contributed by atoms with E-state index in [0.29, 0.717) is 19.3 Å². The van der Waals surface area contributed by atoms with E-state index in [1.165, 1.54) is 11.1 Å². The van der Waals surface area contributed by atoms with Crippen molar-refractivity contribution in [3.8, 4) is 11.1 Å². The number of nitrogens with one attached hydrogen (secondary N) is 2. The van der Waals surface area contributed by atoms with Crippen molar-refractivity contribution < 1.29 is 24.2 Å². The van der Waals surface area contributed by atoms with Gasteiger partial charge in [0.2, 0.25) is 5.91 Å². The molecule has 0 saturated heterocycles. The van der Waals surface area contributed by atoms with Crippen molar-refractivity contribution >= 4 is 18.0 Å². The SMILES string of the molecule is CC(C)(C)C(NC(=O)[C@H]1CC[C@@H](NC(=O)OCC2c3ccccc3-c3ccccc32)C1)C(=O)O. The Morgan fingerprint density at radius 2 is 1.59 bits per heavy atom. The molecular weight excluding hydrogens is 432 g/mol. The topological polar surface area (TPSA) is 105 Å². The van der Waals surface area contributed by atoms with Gasteiger partial charge in [0.15, 0.2) is 0 Å². The highest BCUT2D eigenvalue weighted by molar-refractivity contribution is 5.86. The Morgan fingerprint density at radius 3 is 2.15 bits per heavy atom. The first-order valence-corrected chi connectivity index (χ1v) is 11.8. The van der Waals surface area contributed by atoms with Crippen LogP contribution in [0.4, 0.5) is 4.79 Å². The van der Waals surface area contributed by atoms with Crippen LogP contribution in [-0.2, 0) is 14.3 Å². The molecule has 34 heavy (non-hydrogen) atoms. The molecule has 0 aromatic heterocycles. The fourth-order valence-electron chi connectivity index (χ4n) is 5.07. The van der Waals surface area contributed by atoms with E-state index in [1.807, 2.05) is 24.3 Å². The second-order valence-corrected chi connectivity index (χ2v) is 10.3. The van der Waals surface area contributed by atoms with Crippen LogP contribution in [0.2, 0.25) is 0 Å². The van der Waals surface area contributed by atoms with Crippen molar-refractivity contribution in [1.82, 2.24) is 10.6 Å². The molecule has 4 rings (SSSR count). The van der Waals surface area contributed by atoms with Gasteiger partial charge in [-0.05, 0) is 46.9 Å². The first-order valence-electron chi connectivity index (χ1n) is 11.8. The highest BCUT2D eigenvalue weighted by atomic mass is 16.5. The van der Waals surface area contributed by atoms with Gasteiger partial charge in [0.05, 0.1) is 0 Å². The van der Waals surface area contributed by atoms with E-state index in [1.54, 1.807) is 20.8 Å². The van der Waals surface area contributed by atoms with Gasteiger partial charge in [0, 0.05) is 17.9 Å². The number of rotatable bonds is 6. The van der Waals surface area contributed by atoms with Crippen LogP contribution < -0.4 is 10.6 Å². The molecule has 180 valence electrons. The average molecular weight is 465 g/mol. The highest BCUT2D eigenvalue weighted by Crippen LogP contribution is 2.44. The molecular formula is C27H32N2O5. The maximum atomic E-state index is 12.7. The number of amides is 2. The number of hydrogen-bond acceptors (Lipinski definition) is 4. The molecule has 0 heterocycles. The first-order chi connectivity index (χ1) is 16.1. The van der Waals surface area contributed by atoms with Gasteiger partial charge in [0.25, 0.3) is 0 Å². The summed E-state index contributed by atoms with van der Waals surface area (Å²) < 4.78 is 5.61. The van der Waals surface area contributed by atoms with Crippen LogP contribution in [0.15, 0.2) is 48.5 Å². The summed E-state index contributed by atoms with van der Waals surface area (Å²) in [4.78, 5) is 36.7. The first kappa shape index (κ1) is 23.8. The number of aliphatic carboxylic acids is 1. The average Bonchev–Trinajstić information content (AvgIpc) is 3.37. The molecule has 0 spiro atoms. The number of alkyl carbamates (subject to hydrolysis) is 1. The van der Waals surface area contributed by atoms with Gasteiger partial charge >= 0.3 is 12.1 Å². The Kier molecular flexibility index (Phi) is 6.64. The van der Waals surface area contributed by atoms with Crippen molar-refractivity contribution in [1.29, 1.82) is 0 Å². The number of ether oxygens (including phenoxy) is 1. The maximum Gasteiger partial charge on any atom is 0.407 e. The third-order valence-corrected chi connectivity index (χ3v) is 6.87. The summed E-state index contributed by atoms with van der Waals surface area (Å²) in [6.07, 6.45) is 1.21. The summed E-state index contributed by atoms with van der Waals surface area (Å²) in [5, 5.41) is 15.0. The lowest BCUT2D eigenvalue weighted by atomic mass is 9.86. The lowest BCUT2D eigenvalue weighted by Gasteiger charge is -2.28. The summed E-state index contributed by atoms with van der Waals surface area (Å²) >= 11 is 0. The minimum absolute atomic E-state index is 0.00870. The fraction of sp³-hybridized carbons (Fsp3) is 0.444. The monoisotopic (exact) mass is 464 g/mol. The van der Waals surface area contributed by atoms with Crippen molar-refractivity contribution in [2.75, 3.05) is 6.61 Å². The van der Waals surface area contributed by atoms with Gasteiger partial charge in [-0.1, -0.05) is 69.3 Å². The Morgan fingerprint density at radius 1 is 1.00 bits per heavy atom. The van der Waals surface area contributed by atoms with Gasteiger partial charge in [-0.25, -0.2) is 9.59 Å². The van der Waals surface area contributed by atoms with Gasteiger partial charge in [0.1, 0.15) is 12.6 Å². The van der Waals surface area contributed by atoms with Crippen molar-refractivity contribution in [2.45, 2.75) is 58.0 Å². The lowest BCUT2D eigenvalue weighted by molar-refractivity contribution is -0.145. The Hall–Kier alpha value is -3.35. The van der Waals surface area contributed by atoms with Crippen LogP contribution in [0.5, 0.6) is 0 Å². The smallest absolute Gasteiger partial charge is 0.407 e. The molecule has 1 unspecified atom stereocenters. The zero-order valence-corrected chi connectivity index (χ0v) is 19.8. The van der Waals surface area contributed by atoms with Gasteiger partial charge < -0.3 is 20.5 Å². The molecule has 1 saturated carbocycles. The third-order valence-electron chi connectivity index (χ3n) is 6.87. The molecule has 7 nitrogen and oxygen atoms in total. The van der Waals surface area contributed by atoms with E-state index >= 15 is 0 Å². The molecule has 0 bridgehead atoms. The van der Waals surface area contributed by atoms with Gasteiger partial charge in [-0.3, -0.25) is 4.79 Å².